The first-order chi connectivity index (χ1) is 8.65. The largest absolute Gasteiger partial charge is 0.399 e. The maximum Gasteiger partial charge on any atom is 0.251 e. The molecule has 2 aromatic rings. The van der Waals surface area contributed by atoms with Crippen LogP contribution in [-0.4, -0.2) is 27.6 Å². The number of amides is 1. The average molecular weight is 246 g/mol. The van der Waals surface area contributed by atoms with Crippen LogP contribution in [-0.2, 0) is 6.42 Å². The molecular formula is C11H14N6O. The second-order valence-electron chi connectivity index (χ2n) is 3.83. The summed E-state index contributed by atoms with van der Waals surface area (Å²) in [7, 11) is 0. The van der Waals surface area contributed by atoms with E-state index in [2.05, 4.69) is 20.5 Å². The van der Waals surface area contributed by atoms with Crippen molar-refractivity contribution in [1.82, 2.24) is 20.5 Å². The minimum atomic E-state index is -0.214. The van der Waals surface area contributed by atoms with E-state index in [0.717, 1.165) is 5.82 Å². The highest BCUT2D eigenvalue weighted by molar-refractivity contribution is 5.96. The molecule has 0 fully saturated rings. The van der Waals surface area contributed by atoms with Crippen molar-refractivity contribution >= 4 is 17.3 Å². The van der Waals surface area contributed by atoms with Crippen LogP contribution in [0.5, 0.6) is 0 Å². The lowest BCUT2D eigenvalue weighted by molar-refractivity contribution is 0.0954. The van der Waals surface area contributed by atoms with Crippen LogP contribution in [0, 0.1) is 0 Å². The number of rotatable bonds is 4. The van der Waals surface area contributed by atoms with Crippen LogP contribution < -0.4 is 16.8 Å². The Morgan fingerprint density at radius 2 is 2.00 bits per heavy atom. The molecule has 1 heterocycles. The maximum absolute atomic E-state index is 11.8. The van der Waals surface area contributed by atoms with E-state index in [1.165, 1.54) is 6.33 Å². The highest BCUT2D eigenvalue weighted by Gasteiger charge is 2.07. The lowest BCUT2D eigenvalue weighted by Crippen LogP contribution is -2.26. The van der Waals surface area contributed by atoms with Gasteiger partial charge in [-0.25, -0.2) is 4.98 Å². The Kier molecular flexibility index (Phi) is 3.42. The van der Waals surface area contributed by atoms with Crippen LogP contribution >= 0.6 is 0 Å². The number of aromatic nitrogens is 3. The van der Waals surface area contributed by atoms with Gasteiger partial charge < -0.3 is 16.8 Å². The van der Waals surface area contributed by atoms with Gasteiger partial charge >= 0.3 is 0 Å². The first-order valence-corrected chi connectivity index (χ1v) is 5.43. The molecule has 0 spiro atoms. The molecule has 0 atom stereocenters. The van der Waals surface area contributed by atoms with Crippen LogP contribution in [0.15, 0.2) is 24.5 Å². The predicted octanol–water partition coefficient (Wildman–Crippen LogP) is -0.0584. The molecule has 0 aliphatic rings. The van der Waals surface area contributed by atoms with Crippen molar-refractivity contribution in [2.24, 2.45) is 0 Å². The van der Waals surface area contributed by atoms with E-state index in [9.17, 15) is 4.79 Å². The molecule has 2 rings (SSSR count). The molecule has 6 N–H and O–H groups in total. The van der Waals surface area contributed by atoms with Gasteiger partial charge in [-0.3, -0.25) is 9.89 Å². The minimum Gasteiger partial charge on any atom is -0.399 e. The fraction of sp³-hybridized carbons (Fsp3) is 0.182. The van der Waals surface area contributed by atoms with E-state index >= 15 is 0 Å². The van der Waals surface area contributed by atoms with Gasteiger partial charge in [-0.05, 0) is 18.2 Å². The first kappa shape index (κ1) is 11.9. The number of nitrogens with two attached hydrogens (primary N) is 2. The molecular weight excluding hydrogens is 232 g/mol. The Labute approximate surface area is 104 Å². The summed E-state index contributed by atoms with van der Waals surface area (Å²) in [5, 5.41) is 9.19. The van der Waals surface area contributed by atoms with Crippen molar-refractivity contribution in [3.63, 3.8) is 0 Å². The van der Waals surface area contributed by atoms with E-state index < -0.39 is 0 Å². The average Bonchev–Trinajstić information content (AvgIpc) is 2.80. The van der Waals surface area contributed by atoms with Crippen LogP contribution in [0.4, 0.5) is 11.4 Å². The molecule has 1 amide bonds. The number of H-pyrrole nitrogens is 1. The quantitative estimate of drug-likeness (QED) is 0.563. The number of nitrogen functional groups attached to an aromatic ring is 2. The Balaban J connectivity index is 1.91. The standard InChI is InChI=1S/C11H14N6O/c12-8-3-7(4-9(13)5-8)11(18)14-2-1-10-15-6-16-17-10/h3-6H,1-2,12-13H2,(H,14,18)(H,15,16,17). The zero-order chi connectivity index (χ0) is 13.0. The summed E-state index contributed by atoms with van der Waals surface area (Å²) < 4.78 is 0. The number of nitrogens with zero attached hydrogens (tertiary/aromatic N) is 2. The van der Waals surface area contributed by atoms with E-state index in [0.29, 0.717) is 29.9 Å². The van der Waals surface area contributed by atoms with Crippen molar-refractivity contribution < 1.29 is 4.79 Å². The summed E-state index contributed by atoms with van der Waals surface area (Å²) in [5.41, 5.74) is 12.6. The fourth-order valence-corrected chi connectivity index (χ4v) is 1.56. The van der Waals surface area contributed by atoms with Gasteiger partial charge in [0.1, 0.15) is 12.2 Å². The third-order valence-electron chi connectivity index (χ3n) is 2.35. The highest BCUT2D eigenvalue weighted by atomic mass is 16.1. The molecule has 0 aliphatic heterocycles. The van der Waals surface area contributed by atoms with Crippen molar-refractivity contribution in [3.8, 4) is 0 Å². The number of carbonyl (C=O) groups excluding carboxylic acids is 1. The van der Waals surface area contributed by atoms with Gasteiger partial charge in [-0.15, -0.1) is 0 Å². The Bertz CT molecular complexity index is 516. The smallest absolute Gasteiger partial charge is 0.251 e. The van der Waals surface area contributed by atoms with Crippen molar-refractivity contribution in [3.05, 3.63) is 35.9 Å². The maximum atomic E-state index is 11.8. The zero-order valence-corrected chi connectivity index (χ0v) is 9.68. The number of nitrogens with one attached hydrogen (secondary N) is 2. The second kappa shape index (κ2) is 5.17. The molecule has 94 valence electrons. The summed E-state index contributed by atoms with van der Waals surface area (Å²) in [5.74, 6) is 0.510. The monoisotopic (exact) mass is 246 g/mol. The number of benzene rings is 1. The molecule has 0 aliphatic carbocycles. The zero-order valence-electron chi connectivity index (χ0n) is 9.68. The van der Waals surface area contributed by atoms with Crippen LogP contribution in [0.1, 0.15) is 16.2 Å². The van der Waals surface area contributed by atoms with Crippen molar-refractivity contribution in [2.45, 2.75) is 6.42 Å². The highest BCUT2D eigenvalue weighted by Crippen LogP contribution is 2.13. The van der Waals surface area contributed by atoms with Gasteiger partial charge in [0.25, 0.3) is 5.91 Å². The van der Waals surface area contributed by atoms with Gasteiger partial charge in [0, 0.05) is 29.9 Å². The van der Waals surface area contributed by atoms with E-state index in [1.807, 2.05) is 0 Å². The molecule has 0 unspecified atom stereocenters. The third-order valence-corrected chi connectivity index (χ3v) is 2.35. The summed E-state index contributed by atoms with van der Waals surface area (Å²) in [6, 6.07) is 4.77. The third kappa shape index (κ3) is 2.97. The normalized spacial score (nSPS) is 10.2. The number of hydrogen-bond donors (Lipinski definition) is 4. The molecule has 1 aromatic heterocycles. The summed E-state index contributed by atoms with van der Waals surface area (Å²) in [6.45, 7) is 0.461. The molecule has 0 saturated carbocycles. The Morgan fingerprint density at radius 1 is 1.28 bits per heavy atom. The molecule has 18 heavy (non-hydrogen) atoms. The van der Waals surface area contributed by atoms with Crippen LogP contribution in [0.3, 0.4) is 0 Å². The number of hydrogen-bond acceptors (Lipinski definition) is 5. The van der Waals surface area contributed by atoms with E-state index in [1.54, 1.807) is 18.2 Å². The fourth-order valence-electron chi connectivity index (χ4n) is 1.56. The number of anilines is 2. The lowest BCUT2D eigenvalue weighted by atomic mass is 10.1. The molecule has 7 nitrogen and oxygen atoms in total. The summed E-state index contributed by atoms with van der Waals surface area (Å²) in [4.78, 5) is 15.8. The molecule has 0 radical (unpaired) electrons. The first-order valence-electron chi connectivity index (χ1n) is 5.43. The number of carbonyl (C=O) groups is 1. The summed E-state index contributed by atoms with van der Waals surface area (Å²) in [6.07, 6.45) is 2.01. The van der Waals surface area contributed by atoms with E-state index in [4.69, 9.17) is 11.5 Å². The van der Waals surface area contributed by atoms with Gasteiger partial charge in [0.05, 0.1) is 0 Å². The topological polar surface area (TPSA) is 123 Å². The Hall–Kier alpha value is -2.57. The molecule has 0 saturated heterocycles. The predicted molar refractivity (Wildman–Crippen MR) is 67.7 cm³/mol. The van der Waals surface area contributed by atoms with Crippen LogP contribution in [0.2, 0.25) is 0 Å². The van der Waals surface area contributed by atoms with E-state index in [-0.39, 0.29) is 5.91 Å². The molecule has 1 aromatic carbocycles. The lowest BCUT2D eigenvalue weighted by Gasteiger charge is -2.06. The van der Waals surface area contributed by atoms with Gasteiger partial charge in [0.2, 0.25) is 0 Å². The van der Waals surface area contributed by atoms with Crippen LogP contribution in [0.25, 0.3) is 0 Å². The van der Waals surface area contributed by atoms with Gasteiger partial charge in [0.15, 0.2) is 0 Å². The molecule has 0 bridgehead atoms. The minimum absolute atomic E-state index is 0.214. The number of aromatic amines is 1. The SMILES string of the molecule is Nc1cc(N)cc(C(=O)NCCc2ncn[nH]2)c1. The van der Waals surface area contributed by atoms with Gasteiger partial charge in [-0.2, -0.15) is 5.10 Å². The van der Waals surface area contributed by atoms with Crippen molar-refractivity contribution in [2.75, 3.05) is 18.0 Å². The molecule has 7 heteroatoms. The second-order valence-corrected chi connectivity index (χ2v) is 3.83. The summed E-state index contributed by atoms with van der Waals surface area (Å²) >= 11 is 0. The van der Waals surface area contributed by atoms with Gasteiger partial charge in [-0.1, -0.05) is 0 Å². The Morgan fingerprint density at radius 3 is 2.61 bits per heavy atom. The van der Waals surface area contributed by atoms with Crippen molar-refractivity contribution in [1.29, 1.82) is 0 Å².